The van der Waals surface area contributed by atoms with Crippen LogP contribution in [0, 0.1) is 0 Å². The minimum atomic E-state index is -1.22. The highest BCUT2D eigenvalue weighted by molar-refractivity contribution is 5.81. The molecular formula is C15H21NO6. The van der Waals surface area contributed by atoms with Gasteiger partial charge in [-0.05, 0) is 38.5 Å². The van der Waals surface area contributed by atoms with Crippen molar-refractivity contribution in [3.63, 3.8) is 0 Å². The maximum Gasteiger partial charge on any atom is 0.408 e. The van der Waals surface area contributed by atoms with E-state index in [1.165, 1.54) is 12.1 Å². The number of carbonyl (C=O) groups is 2. The first kappa shape index (κ1) is 17.8. The number of carboxylic acid groups (broad SMARTS) is 1. The zero-order chi connectivity index (χ0) is 16.8. The highest BCUT2D eigenvalue weighted by Crippen LogP contribution is 2.19. The van der Waals surface area contributed by atoms with E-state index < -0.39 is 23.7 Å². The van der Waals surface area contributed by atoms with Gasteiger partial charge in [-0.3, -0.25) is 0 Å². The molecule has 0 aliphatic heterocycles. The van der Waals surface area contributed by atoms with Gasteiger partial charge >= 0.3 is 12.1 Å². The molecule has 1 amide bonds. The minimum Gasteiger partial charge on any atom is -0.491 e. The Kier molecular flexibility index (Phi) is 6.18. The van der Waals surface area contributed by atoms with Gasteiger partial charge in [0.05, 0.1) is 6.61 Å². The summed E-state index contributed by atoms with van der Waals surface area (Å²) in [5, 5.41) is 20.2. The summed E-state index contributed by atoms with van der Waals surface area (Å²) >= 11 is 0. The van der Waals surface area contributed by atoms with Crippen LogP contribution in [0.4, 0.5) is 4.79 Å². The van der Waals surface area contributed by atoms with Crippen LogP contribution in [0.2, 0.25) is 0 Å². The van der Waals surface area contributed by atoms with E-state index >= 15 is 0 Å². The van der Waals surface area contributed by atoms with E-state index in [0.717, 1.165) is 0 Å². The van der Waals surface area contributed by atoms with Crippen molar-refractivity contribution in [2.24, 2.45) is 0 Å². The molecule has 1 atom stereocenters. The number of nitrogens with one attached hydrogen (secondary N) is 1. The van der Waals surface area contributed by atoms with E-state index in [-0.39, 0.29) is 13.2 Å². The smallest absolute Gasteiger partial charge is 0.408 e. The highest BCUT2D eigenvalue weighted by Gasteiger charge is 2.25. The number of aliphatic hydroxyl groups excluding tert-OH is 1. The molecule has 1 unspecified atom stereocenters. The number of ether oxygens (including phenoxy) is 2. The van der Waals surface area contributed by atoms with Crippen molar-refractivity contribution in [2.75, 3.05) is 13.2 Å². The molecule has 7 nitrogen and oxygen atoms in total. The number of amides is 1. The van der Waals surface area contributed by atoms with Crippen LogP contribution in [-0.2, 0) is 9.53 Å². The molecule has 122 valence electrons. The third-order valence-corrected chi connectivity index (χ3v) is 2.48. The molecule has 1 aromatic carbocycles. The lowest BCUT2D eigenvalue weighted by Gasteiger charge is -2.22. The summed E-state index contributed by atoms with van der Waals surface area (Å²) in [6, 6.07) is 4.97. The van der Waals surface area contributed by atoms with Crippen LogP contribution >= 0.6 is 0 Å². The number of hydrogen-bond acceptors (Lipinski definition) is 5. The highest BCUT2D eigenvalue weighted by atomic mass is 16.6. The van der Waals surface area contributed by atoms with Gasteiger partial charge in [0, 0.05) is 0 Å². The number of alkyl carbamates (subject to hydrolysis) is 1. The van der Waals surface area contributed by atoms with E-state index in [9.17, 15) is 14.7 Å². The SMILES string of the molecule is CC(C)(C)OC(=O)NC(C(=O)O)c1ccc(OCCO)cc1. The quantitative estimate of drug-likeness (QED) is 0.738. The molecule has 0 aromatic heterocycles. The fourth-order valence-electron chi connectivity index (χ4n) is 1.63. The standard InChI is InChI=1S/C15H21NO6/c1-15(2,3)22-14(20)16-12(13(18)19)10-4-6-11(7-5-10)21-9-8-17/h4-7,12,17H,8-9H2,1-3H3,(H,16,20)(H,18,19). The largest absolute Gasteiger partial charge is 0.491 e. The van der Waals surface area contributed by atoms with Gasteiger partial charge < -0.3 is 25.0 Å². The van der Waals surface area contributed by atoms with Crippen LogP contribution in [0.15, 0.2) is 24.3 Å². The van der Waals surface area contributed by atoms with Gasteiger partial charge in [0.25, 0.3) is 0 Å². The first-order valence-corrected chi connectivity index (χ1v) is 6.79. The Morgan fingerprint density at radius 1 is 1.23 bits per heavy atom. The van der Waals surface area contributed by atoms with E-state index in [4.69, 9.17) is 14.6 Å². The molecule has 1 aromatic rings. The van der Waals surface area contributed by atoms with Crippen molar-refractivity contribution in [3.05, 3.63) is 29.8 Å². The first-order valence-electron chi connectivity index (χ1n) is 6.79. The Morgan fingerprint density at radius 3 is 2.27 bits per heavy atom. The maximum absolute atomic E-state index is 11.7. The van der Waals surface area contributed by atoms with Gasteiger partial charge in [0.15, 0.2) is 6.04 Å². The lowest BCUT2D eigenvalue weighted by atomic mass is 10.1. The molecule has 0 saturated carbocycles. The Morgan fingerprint density at radius 2 is 1.82 bits per heavy atom. The second-order valence-corrected chi connectivity index (χ2v) is 5.56. The van der Waals surface area contributed by atoms with Crippen LogP contribution in [0.1, 0.15) is 32.4 Å². The second-order valence-electron chi connectivity index (χ2n) is 5.56. The zero-order valence-corrected chi connectivity index (χ0v) is 12.8. The van der Waals surface area contributed by atoms with Gasteiger partial charge in [-0.2, -0.15) is 0 Å². The molecular weight excluding hydrogens is 290 g/mol. The number of benzene rings is 1. The summed E-state index contributed by atoms with van der Waals surface area (Å²) in [7, 11) is 0. The number of aliphatic carboxylic acids is 1. The number of carbonyl (C=O) groups excluding carboxylic acids is 1. The van der Waals surface area contributed by atoms with Crippen molar-refractivity contribution in [2.45, 2.75) is 32.4 Å². The Balaban J connectivity index is 2.78. The molecule has 0 heterocycles. The third kappa shape index (κ3) is 6.01. The zero-order valence-electron chi connectivity index (χ0n) is 12.8. The Labute approximate surface area is 128 Å². The summed E-state index contributed by atoms with van der Waals surface area (Å²) in [5.41, 5.74) is -0.329. The molecule has 0 saturated heterocycles. The summed E-state index contributed by atoms with van der Waals surface area (Å²) in [5.74, 6) is -0.700. The normalized spacial score (nSPS) is 12.4. The summed E-state index contributed by atoms with van der Waals surface area (Å²) in [6.45, 7) is 5.11. The van der Waals surface area contributed by atoms with Crippen LogP contribution in [-0.4, -0.2) is 41.1 Å². The van der Waals surface area contributed by atoms with Gasteiger partial charge in [-0.15, -0.1) is 0 Å². The Bertz CT molecular complexity index is 506. The van der Waals surface area contributed by atoms with E-state index in [2.05, 4.69) is 5.32 Å². The van der Waals surface area contributed by atoms with Crippen LogP contribution in [0.3, 0.4) is 0 Å². The van der Waals surface area contributed by atoms with Crippen molar-refractivity contribution in [3.8, 4) is 5.75 Å². The van der Waals surface area contributed by atoms with E-state index in [1.807, 2.05) is 0 Å². The van der Waals surface area contributed by atoms with Crippen LogP contribution < -0.4 is 10.1 Å². The van der Waals surface area contributed by atoms with Crippen molar-refractivity contribution >= 4 is 12.1 Å². The first-order chi connectivity index (χ1) is 10.2. The lowest BCUT2D eigenvalue weighted by Crippen LogP contribution is -2.38. The average molecular weight is 311 g/mol. The van der Waals surface area contributed by atoms with Crippen molar-refractivity contribution in [1.82, 2.24) is 5.32 Å². The number of aliphatic hydroxyl groups is 1. The van der Waals surface area contributed by atoms with Crippen molar-refractivity contribution in [1.29, 1.82) is 0 Å². The molecule has 0 bridgehead atoms. The molecule has 3 N–H and O–H groups in total. The van der Waals surface area contributed by atoms with Gasteiger partial charge in [0.2, 0.25) is 0 Å². The molecule has 1 rings (SSSR count). The molecule has 22 heavy (non-hydrogen) atoms. The fourth-order valence-corrected chi connectivity index (χ4v) is 1.63. The summed E-state index contributed by atoms with van der Waals surface area (Å²) in [6.07, 6.45) is -0.805. The molecule has 0 aliphatic carbocycles. The number of rotatable bonds is 6. The minimum absolute atomic E-state index is 0.111. The monoisotopic (exact) mass is 311 g/mol. The predicted octanol–water partition coefficient (Wildman–Crippen LogP) is 1.71. The molecule has 0 spiro atoms. The van der Waals surface area contributed by atoms with Crippen LogP contribution in [0.25, 0.3) is 0 Å². The maximum atomic E-state index is 11.7. The lowest BCUT2D eigenvalue weighted by molar-refractivity contribution is -0.139. The fraction of sp³-hybridized carbons (Fsp3) is 0.467. The Hall–Kier alpha value is -2.28. The number of carboxylic acids is 1. The molecule has 0 radical (unpaired) electrons. The average Bonchev–Trinajstić information content (AvgIpc) is 2.41. The summed E-state index contributed by atoms with van der Waals surface area (Å²) < 4.78 is 10.2. The molecule has 7 heteroatoms. The second kappa shape index (κ2) is 7.65. The van der Waals surface area contributed by atoms with E-state index in [1.54, 1.807) is 32.9 Å². The molecule has 0 fully saturated rings. The molecule has 0 aliphatic rings. The topological polar surface area (TPSA) is 105 Å². The van der Waals surface area contributed by atoms with Crippen LogP contribution in [0.5, 0.6) is 5.75 Å². The van der Waals surface area contributed by atoms with Gasteiger partial charge in [0.1, 0.15) is 18.0 Å². The van der Waals surface area contributed by atoms with Gasteiger partial charge in [-0.25, -0.2) is 9.59 Å². The van der Waals surface area contributed by atoms with Gasteiger partial charge in [-0.1, -0.05) is 12.1 Å². The third-order valence-electron chi connectivity index (χ3n) is 2.48. The van der Waals surface area contributed by atoms with Crippen molar-refractivity contribution < 1.29 is 29.3 Å². The predicted molar refractivity (Wildman–Crippen MR) is 78.8 cm³/mol. The van der Waals surface area contributed by atoms with E-state index in [0.29, 0.717) is 11.3 Å². The summed E-state index contributed by atoms with van der Waals surface area (Å²) in [4.78, 5) is 23.0. The number of hydrogen-bond donors (Lipinski definition) is 3.